The Balaban J connectivity index is 1.29. The highest BCUT2D eigenvalue weighted by Crippen LogP contribution is 2.63. The normalized spacial score (nSPS) is 24.6. The number of para-hydroxylation sites is 1. The highest BCUT2D eigenvalue weighted by atomic mass is 15.2. The van der Waals surface area contributed by atoms with Gasteiger partial charge < -0.3 is 4.90 Å². The van der Waals surface area contributed by atoms with Crippen LogP contribution < -0.4 is 4.90 Å². The number of hydrogen-bond acceptors (Lipinski definition) is 1. The first-order valence-corrected chi connectivity index (χ1v) is 22.3. The maximum absolute atomic E-state index is 2.71. The summed E-state index contributed by atoms with van der Waals surface area (Å²) >= 11 is 0. The monoisotopic (exact) mass is 783 g/mol. The number of anilines is 2. The first kappa shape index (κ1) is 38.8. The van der Waals surface area contributed by atoms with Crippen LogP contribution in [0.25, 0.3) is 33.0 Å². The van der Waals surface area contributed by atoms with Gasteiger partial charge in [0.1, 0.15) is 0 Å². The average molecular weight is 784 g/mol. The molecule has 4 atom stereocenters. The molecule has 0 fully saturated rings. The van der Waals surface area contributed by atoms with Crippen molar-refractivity contribution < 1.29 is 0 Å². The van der Waals surface area contributed by atoms with Crippen molar-refractivity contribution in [1.82, 2.24) is 0 Å². The standard InChI is InChI=1S/C59H61N/c1-37-28-29-57(10)48-34-40(54(2,3)4)32-39-33-41(55(5,6)7)35-49(51(39)48)58(11)30-31-59(12,52(37)53(57)58)60(50-25-19-17-22-43(50)38-20-14-13-15-21-38)42-26-27-45-44-23-16-18-24-46(44)56(8,9)47(45)36-42/h13-37H,1-12H3. The zero-order chi connectivity index (χ0) is 42.4. The number of fused-ring (bicyclic) bond motifs is 5. The van der Waals surface area contributed by atoms with Crippen molar-refractivity contribution in [1.29, 1.82) is 0 Å². The molecular weight excluding hydrogens is 723 g/mol. The highest BCUT2D eigenvalue weighted by Gasteiger charge is 2.56. The van der Waals surface area contributed by atoms with Crippen molar-refractivity contribution in [3.63, 3.8) is 0 Å². The second-order valence-corrected chi connectivity index (χ2v) is 21.6. The van der Waals surface area contributed by atoms with Crippen molar-refractivity contribution in [2.45, 2.75) is 116 Å². The highest BCUT2D eigenvalue weighted by molar-refractivity contribution is 5.97. The zero-order valence-electron chi connectivity index (χ0n) is 37.9. The van der Waals surface area contributed by atoms with Gasteiger partial charge in [-0.2, -0.15) is 0 Å². The molecule has 10 rings (SSSR count). The molecule has 6 aromatic carbocycles. The lowest BCUT2D eigenvalue weighted by Crippen LogP contribution is -2.54. The Labute approximate surface area is 359 Å². The fraction of sp³-hybridized carbons (Fsp3) is 0.322. The van der Waals surface area contributed by atoms with Crippen molar-refractivity contribution in [3.05, 3.63) is 190 Å². The number of benzene rings is 6. The molecule has 0 radical (unpaired) electrons. The lowest BCUT2D eigenvalue weighted by molar-refractivity contribution is 0.451. The summed E-state index contributed by atoms with van der Waals surface area (Å²) in [6.07, 6.45) is 10.3. The molecule has 0 saturated heterocycles. The molecule has 4 aliphatic carbocycles. The van der Waals surface area contributed by atoms with Crippen LogP contribution in [-0.4, -0.2) is 5.54 Å². The molecule has 0 bridgehead atoms. The number of nitrogens with zero attached hydrogens (tertiary/aromatic N) is 1. The summed E-state index contributed by atoms with van der Waals surface area (Å²) in [5.74, 6) is 0.206. The van der Waals surface area contributed by atoms with E-state index in [0.29, 0.717) is 0 Å². The van der Waals surface area contributed by atoms with Gasteiger partial charge in [-0.15, -0.1) is 0 Å². The van der Waals surface area contributed by atoms with Gasteiger partial charge in [-0.3, -0.25) is 0 Å². The number of hydrogen-bond donors (Lipinski definition) is 0. The molecule has 1 heteroatoms. The van der Waals surface area contributed by atoms with Gasteiger partial charge in [0, 0.05) is 27.5 Å². The van der Waals surface area contributed by atoms with E-state index in [9.17, 15) is 0 Å². The minimum atomic E-state index is -0.519. The van der Waals surface area contributed by atoms with Crippen LogP contribution in [0.15, 0.2) is 157 Å². The maximum atomic E-state index is 2.71. The summed E-state index contributed by atoms with van der Waals surface area (Å²) in [6, 6.07) is 46.6. The largest absolute Gasteiger partial charge is 0.328 e. The van der Waals surface area contributed by atoms with E-state index >= 15 is 0 Å². The average Bonchev–Trinajstić information content (AvgIpc) is 3.44. The van der Waals surface area contributed by atoms with E-state index in [4.69, 9.17) is 0 Å². The van der Waals surface area contributed by atoms with Gasteiger partial charge in [-0.05, 0) is 128 Å². The first-order valence-electron chi connectivity index (χ1n) is 22.3. The van der Waals surface area contributed by atoms with Crippen LogP contribution in [0, 0.1) is 5.92 Å². The molecule has 302 valence electrons. The third-order valence-corrected chi connectivity index (χ3v) is 15.2. The van der Waals surface area contributed by atoms with Crippen LogP contribution in [0.1, 0.15) is 116 Å². The van der Waals surface area contributed by atoms with E-state index in [1.54, 1.807) is 0 Å². The predicted molar refractivity (Wildman–Crippen MR) is 257 cm³/mol. The third kappa shape index (κ3) is 5.30. The lowest BCUT2D eigenvalue weighted by atomic mass is 9.49. The fourth-order valence-corrected chi connectivity index (χ4v) is 11.9. The predicted octanol–water partition coefficient (Wildman–Crippen LogP) is 15.6. The molecule has 6 aromatic rings. The summed E-state index contributed by atoms with van der Waals surface area (Å²) < 4.78 is 0. The summed E-state index contributed by atoms with van der Waals surface area (Å²) in [5.41, 5.74) is 17.8. The van der Waals surface area contributed by atoms with E-state index < -0.39 is 5.54 Å². The molecule has 0 aromatic heterocycles. The zero-order valence-corrected chi connectivity index (χ0v) is 37.9. The Kier molecular flexibility index (Phi) is 8.13. The van der Waals surface area contributed by atoms with Crippen LogP contribution in [0.3, 0.4) is 0 Å². The van der Waals surface area contributed by atoms with Gasteiger partial charge in [0.2, 0.25) is 0 Å². The Morgan fingerprint density at radius 1 is 0.517 bits per heavy atom. The van der Waals surface area contributed by atoms with Crippen molar-refractivity contribution in [2.24, 2.45) is 5.92 Å². The number of rotatable bonds is 4. The van der Waals surface area contributed by atoms with Gasteiger partial charge in [-0.1, -0.05) is 190 Å². The quantitative estimate of drug-likeness (QED) is 0.161. The van der Waals surface area contributed by atoms with Crippen LogP contribution in [0.2, 0.25) is 0 Å². The Morgan fingerprint density at radius 3 is 1.73 bits per heavy atom. The summed E-state index contributed by atoms with van der Waals surface area (Å²) in [7, 11) is 0. The molecule has 60 heavy (non-hydrogen) atoms. The molecule has 4 aliphatic rings. The molecular formula is C59H61N. The van der Waals surface area contributed by atoms with Crippen molar-refractivity contribution in [3.8, 4) is 22.3 Å². The molecule has 0 aliphatic heterocycles. The van der Waals surface area contributed by atoms with Crippen LogP contribution in [0.5, 0.6) is 0 Å². The SMILES string of the molecule is CC1C=CC2(C)C3=C1C(C)(N(c1ccc4c(c1)C(C)(C)c1ccccc1-4)c1ccccc1-c1ccccc1)C=CC3(C)c1cc(C(C)(C)C)cc3cc(C(C)(C)C)cc2c13. The molecule has 0 amide bonds. The Morgan fingerprint density at radius 2 is 1.08 bits per heavy atom. The minimum absolute atomic E-state index is 0.00250. The molecule has 0 heterocycles. The van der Waals surface area contributed by atoms with E-state index in [0.717, 1.165) is 0 Å². The van der Waals surface area contributed by atoms with Crippen LogP contribution >= 0.6 is 0 Å². The number of allylic oxidation sites excluding steroid dienone is 4. The Bertz CT molecular complexity index is 2800. The molecule has 0 N–H and O–H groups in total. The minimum Gasteiger partial charge on any atom is -0.328 e. The topological polar surface area (TPSA) is 3.24 Å². The van der Waals surface area contributed by atoms with Crippen LogP contribution in [-0.2, 0) is 27.1 Å². The molecule has 4 unspecified atom stereocenters. The van der Waals surface area contributed by atoms with E-state index in [-0.39, 0.29) is 33.0 Å². The van der Waals surface area contributed by atoms with E-state index in [2.05, 4.69) is 234 Å². The molecule has 0 spiro atoms. The third-order valence-electron chi connectivity index (χ3n) is 15.2. The second-order valence-electron chi connectivity index (χ2n) is 21.6. The van der Waals surface area contributed by atoms with Gasteiger partial charge >= 0.3 is 0 Å². The van der Waals surface area contributed by atoms with Gasteiger partial charge in [-0.25, -0.2) is 0 Å². The molecule has 0 saturated carbocycles. The van der Waals surface area contributed by atoms with Gasteiger partial charge in [0.15, 0.2) is 0 Å². The Hall–Kier alpha value is -5.40. The lowest BCUT2D eigenvalue weighted by Gasteiger charge is -2.57. The summed E-state index contributed by atoms with van der Waals surface area (Å²) in [4.78, 5) is 2.71. The fourth-order valence-electron chi connectivity index (χ4n) is 11.9. The molecule has 1 nitrogen and oxygen atoms in total. The van der Waals surface area contributed by atoms with Crippen LogP contribution in [0.4, 0.5) is 11.4 Å². The second kappa shape index (κ2) is 12.6. The van der Waals surface area contributed by atoms with Crippen molar-refractivity contribution >= 4 is 22.1 Å². The summed E-state index contributed by atoms with van der Waals surface area (Å²) in [5, 5.41) is 2.81. The maximum Gasteiger partial charge on any atom is 0.0827 e. The van der Waals surface area contributed by atoms with Gasteiger partial charge in [0.25, 0.3) is 0 Å². The summed E-state index contributed by atoms with van der Waals surface area (Å²) in [6.45, 7) is 29.0. The van der Waals surface area contributed by atoms with Gasteiger partial charge in [0.05, 0.1) is 11.2 Å². The van der Waals surface area contributed by atoms with E-state index in [1.807, 2.05) is 0 Å². The smallest absolute Gasteiger partial charge is 0.0827 e. The van der Waals surface area contributed by atoms with E-state index in [1.165, 1.54) is 88.9 Å². The first-order chi connectivity index (χ1) is 28.3. The van der Waals surface area contributed by atoms with Crippen molar-refractivity contribution in [2.75, 3.05) is 4.90 Å².